The number of thioether (sulfide) groups is 1. The summed E-state index contributed by atoms with van der Waals surface area (Å²) < 4.78 is 0. The topological polar surface area (TPSA) is 37.8 Å². The van der Waals surface area contributed by atoms with E-state index >= 15 is 0 Å². The Morgan fingerprint density at radius 3 is 2.75 bits per heavy atom. The van der Waals surface area contributed by atoms with Crippen LogP contribution in [-0.2, 0) is 0 Å². The van der Waals surface area contributed by atoms with Crippen molar-refractivity contribution in [3.63, 3.8) is 0 Å². The largest absolute Gasteiger partial charge is 0.373 e. The molecule has 0 atom stereocenters. The second kappa shape index (κ2) is 4.30. The molecule has 1 rings (SSSR count). The molecule has 0 amide bonds. The van der Waals surface area contributed by atoms with E-state index in [9.17, 15) is 0 Å². The van der Waals surface area contributed by atoms with Crippen LogP contribution in [0, 0.1) is 0 Å². The lowest BCUT2D eigenvalue weighted by Crippen LogP contribution is -1.95. The van der Waals surface area contributed by atoms with Crippen LogP contribution in [0.25, 0.3) is 0 Å². The van der Waals surface area contributed by atoms with Crippen LogP contribution >= 0.6 is 11.8 Å². The van der Waals surface area contributed by atoms with Crippen molar-refractivity contribution >= 4 is 17.6 Å². The molecule has 66 valence electrons. The van der Waals surface area contributed by atoms with Gasteiger partial charge in [0.15, 0.2) is 0 Å². The van der Waals surface area contributed by atoms with Crippen LogP contribution in [0.4, 0.5) is 5.82 Å². The molecule has 0 saturated carbocycles. The number of nitrogens with zero attached hydrogens (tertiary/aromatic N) is 2. The molecule has 0 spiro atoms. The Labute approximate surface area is 77.0 Å². The SMILES string of the molecule is CNc1cc(SC(C)C)ncn1. The van der Waals surface area contributed by atoms with Crippen LogP contribution in [0.2, 0.25) is 0 Å². The van der Waals surface area contributed by atoms with Gasteiger partial charge in [-0.3, -0.25) is 0 Å². The van der Waals surface area contributed by atoms with E-state index in [-0.39, 0.29) is 0 Å². The van der Waals surface area contributed by atoms with E-state index in [2.05, 4.69) is 29.1 Å². The second-order valence-corrected chi connectivity index (χ2v) is 4.25. The van der Waals surface area contributed by atoms with E-state index in [1.807, 2.05) is 13.1 Å². The van der Waals surface area contributed by atoms with Gasteiger partial charge in [0.1, 0.15) is 17.2 Å². The Balaban J connectivity index is 2.72. The summed E-state index contributed by atoms with van der Waals surface area (Å²) in [5.74, 6) is 0.869. The molecule has 0 aromatic carbocycles. The van der Waals surface area contributed by atoms with Gasteiger partial charge in [-0.25, -0.2) is 9.97 Å². The minimum absolute atomic E-state index is 0.560. The van der Waals surface area contributed by atoms with Crippen LogP contribution in [0.5, 0.6) is 0 Å². The van der Waals surface area contributed by atoms with Crippen LogP contribution in [0.1, 0.15) is 13.8 Å². The average Bonchev–Trinajstić information content (AvgIpc) is 2.03. The second-order valence-electron chi connectivity index (χ2n) is 2.66. The maximum absolute atomic E-state index is 4.14. The molecule has 12 heavy (non-hydrogen) atoms. The molecule has 0 radical (unpaired) electrons. The molecular weight excluding hydrogens is 170 g/mol. The normalized spacial score (nSPS) is 10.3. The van der Waals surface area contributed by atoms with Gasteiger partial charge in [0, 0.05) is 18.4 Å². The van der Waals surface area contributed by atoms with Gasteiger partial charge in [0.2, 0.25) is 0 Å². The van der Waals surface area contributed by atoms with Gasteiger partial charge in [-0.05, 0) is 0 Å². The number of aromatic nitrogens is 2. The number of rotatable bonds is 3. The summed E-state index contributed by atoms with van der Waals surface area (Å²) >= 11 is 1.74. The number of nitrogens with one attached hydrogen (secondary N) is 1. The Bertz CT molecular complexity index is 250. The molecule has 0 aliphatic heterocycles. The summed E-state index contributed by atoms with van der Waals surface area (Å²) in [6.45, 7) is 4.29. The Kier molecular flexibility index (Phi) is 3.34. The minimum atomic E-state index is 0.560. The first kappa shape index (κ1) is 9.32. The van der Waals surface area contributed by atoms with Gasteiger partial charge in [-0.2, -0.15) is 0 Å². The van der Waals surface area contributed by atoms with Crippen molar-refractivity contribution in [1.82, 2.24) is 9.97 Å². The highest BCUT2D eigenvalue weighted by Gasteiger charge is 2.00. The van der Waals surface area contributed by atoms with Crippen LogP contribution in [0.15, 0.2) is 17.4 Å². The zero-order valence-corrected chi connectivity index (χ0v) is 8.35. The molecule has 0 aliphatic rings. The molecule has 0 aliphatic carbocycles. The van der Waals surface area contributed by atoms with Crippen molar-refractivity contribution in [2.45, 2.75) is 24.1 Å². The summed E-state index contributed by atoms with van der Waals surface area (Å²) in [7, 11) is 1.85. The lowest BCUT2D eigenvalue weighted by molar-refractivity contribution is 1.03. The first-order chi connectivity index (χ1) is 5.72. The molecular formula is C8H13N3S. The summed E-state index contributed by atoms with van der Waals surface area (Å²) in [5, 5.41) is 4.55. The molecule has 0 saturated heterocycles. The molecule has 4 heteroatoms. The Hall–Kier alpha value is -0.770. The third-order valence-corrected chi connectivity index (χ3v) is 2.19. The highest BCUT2D eigenvalue weighted by Crippen LogP contribution is 2.21. The van der Waals surface area contributed by atoms with E-state index < -0.39 is 0 Å². The van der Waals surface area contributed by atoms with Crippen LogP contribution in [-0.4, -0.2) is 22.3 Å². The molecule has 1 aromatic heterocycles. The van der Waals surface area contributed by atoms with E-state index in [4.69, 9.17) is 0 Å². The maximum atomic E-state index is 4.14. The van der Waals surface area contributed by atoms with E-state index in [1.165, 1.54) is 0 Å². The lowest BCUT2D eigenvalue weighted by atomic mass is 10.6. The molecule has 1 heterocycles. The van der Waals surface area contributed by atoms with E-state index in [0.29, 0.717) is 5.25 Å². The standard InChI is InChI=1S/C8H13N3S/c1-6(2)12-8-4-7(9-3)10-5-11-8/h4-6H,1-3H3,(H,9,10,11). The van der Waals surface area contributed by atoms with Gasteiger partial charge in [-0.1, -0.05) is 13.8 Å². The smallest absolute Gasteiger partial charge is 0.130 e. The van der Waals surface area contributed by atoms with Crippen molar-refractivity contribution in [2.24, 2.45) is 0 Å². The van der Waals surface area contributed by atoms with Crippen LogP contribution < -0.4 is 5.32 Å². The Morgan fingerprint density at radius 1 is 1.42 bits per heavy atom. The highest BCUT2D eigenvalue weighted by atomic mass is 32.2. The van der Waals surface area contributed by atoms with Crippen molar-refractivity contribution in [1.29, 1.82) is 0 Å². The predicted molar refractivity (Wildman–Crippen MR) is 52.6 cm³/mol. The number of hydrogen-bond donors (Lipinski definition) is 1. The van der Waals surface area contributed by atoms with E-state index in [0.717, 1.165) is 10.8 Å². The van der Waals surface area contributed by atoms with Gasteiger partial charge < -0.3 is 5.32 Å². The number of hydrogen-bond acceptors (Lipinski definition) is 4. The first-order valence-corrected chi connectivity index (χ1v) is 4.77. The van der Waals surface area contributed by atoms with Gasteiger partial charge in [-0.15, -0.1) is 11.8 Å². The summed E-state index contributed by atoms with van der Waals surface area (Å²) in [5.41, 5.74) is 0. The fourth-order valence-electron chi connectivity index (χ4n) is 0.782. The zero-order chi connectivity index (χ0) is 8.97. The monoisotopic (exact) mass is 183 g/mol. The van der Waals surface area contributed by atoms with Crippen LogP contribution in [0.3, 0.4) is 0 Å². The van der Waals surface area contributed by atoms with Crippen molar-refractivity contribution < 1.29 is 0 Å². The third kappa shape index (κ3) is 2.70. The highest BCUT2D eigenvalue weighted by molar-refractivity contribution is 7.99. The fourth-order valence-corrected chi connectivity index (χ4v) is 1.55. The third-order valence-electron chi connectivity index (χ3n) is 1.25. The molecule has 1 aromatic rings. The molecule has 3 nitrogen and oxygen atoms in total. The van der Waals surface area contributed by atoms with E-state index in [1.54, 1.807) is 18.1 Å². The summed E-state index contributed by atoms with van der Waals surface area (Å²) in [6.07, 6.45) is 1.58. The summed E-state index contributed by atoms with van der Waals surface area (Å²) in [4.78, 5) is 8.17. The average molecular weight is 183 g/mol. The Morgan fingerprint density at radius 2 is 2.17 bits per heavy atom. The zero-order valence-electron chi connectivity index (χ0n) is 7.53. The van der Waals surface area contributed by atoms with Crippen molar-refractivity contribution in [3.05, 3.63) is 12.4 Å². The van der Waals surface area contributed by atoms with Gasteiger partial charge >= 0.3 is 0 Å². The molecule has 1 N–H and O–H groups in total. The minimum Gasteiger partial charge on any atom is -0.373 e. The molecule has 0 fully saturated rings. The lowest BCUT2D eigenvalue weighted by Gasteiger charge is -2.04. The quantitative estimate of drug-likeness (QED) is 0.574. The first-order valence-electron chi connectivity index (χ1n) is 3.89. The fraction of sp³-hybridized carbons (Fsp3) is 0.500. The molecule has 0 bridgehead atoms. The number of anilines is 1. The predicted octanol–water partition coefficient (Wildman–Crippen LogP) is 2.02. The van der Waals surface area contributed by atoms with Gasteiger partial charge in [0.05, 0.1) is 0 Å². The van der Waals surface area contributed by atoms with Crippen molar-refractivity contribution in [3.8, 4) is 0 Å². The summed E-state index contributed by atoms with van der Waals surface area (Å²) in [6, 6.07) is 1.95. The van der Waals surface area contributed by atoms with Gasteiger partial charge in [0.25, 0.3) is 0 Å². The maximum Gasteiger partial charge on any atom is 0.130 e. The van der Waals surface area contributed by atoms with Crippen molar-refractivity contribution in [2.75, 3.05) is 12.4 Å². The molecule has 0 unspecified atom stereocenters.